The predicted molar refractivity (Wildman–Crippen MR) is 161 cm³/mol. The largest absolute Gasteiger partial charge is 0.465 e. The van der Waals surface area contributed by atoms with Gasteiger partial charge in [-0.3, -0.25) is 14.9 Å². The first-order chi connectivity index (χ1) is 20.7. The van der Waals surface area contributed by atoms with Crippen LogP contribution in [0.1, 0.15) is 72.7 Å². The Bertz CT molecular complexity index is 1710. The predicted octanol–water partition coefficient (Wildman–Crippen LogP) is 5.42. The number of carboxylic acid groups (broad SMARTS) is 1. The summed E-state index contributed by atoms with van der Waals surface area (Å²) in [5.41, 5.74) is 6.21. The fraction of sp³-hybridized carbons (Fsp3) is 0.323. The van der Waals surface area contributed by atoms with Crippen LogP contribution in [-0.4, -0.2) is 48.1 Å². The van der Waals surface area contributed by atoms with Crippen molar-refractivity contribution >= 4 is 39.1 Å². The maximum atomic E-state index is 15.0. The average Bonchev–Trinajstić information content (AvgIpc) is 3.46. The van der Waals surface area contributed by atoms with Crippen LogP contribution in [0.5, 0.6) is 0 Å². The molecule has 1 fully saturated rings. The Labute approximate surface area is 254 Å². The van der Waals surface area contributed by atoms with E-state index in [4.69, 9.17) is 5.73 Å². The van der Waals surface area contributed by atoms with Gasteiger partial charge in [0, 0.05) is 17.8 Å². The van der Waals surface area contributed by atoms with Crippen LogP contribution in [0, 0.1) is 11.6 Å². The lowest BCUT2D eigenvalue weighted by Crippen LogP contribution is -2.38. The molecule has 1 saturated heterocycles. The molecule has 0 aliphatic carbocycles. The number of amides is 3. The SMILES string of the molecule is CCc1cc([C@H](Nc2cc(C(N)=O)ccc2F)C(=O)N2CCC[C@@H]2c2cc(NC(=O)O)ccc2S(=O)(=O)C(C)C)ccc1F. The van der Waals surface area contributed by atoms with Gasteiger partial charge in [-0.15, -0.1) is 0 Å². The summed E-state index contributed by atoms with van der Waals surface area (Å²) in [7, 11) is -3.86. The van der Waals surface area contributed by atoms with Crippen LogP contribution in [0.2, 0.25) is 0 Å². The number of likely N-dealkylation sites (tertiary alicyclic amines) is 1. The van der Waals surface area contributed by atoms with E-state index in [9.17, 15) is 36.7 Å². The van der Waals surface area contributed by atoms with E-state index in [1.165, 1.54) is 67.3 Å². The second kappa shape index (κ2) is 13.0. The Morgan fingerprint density at radius 1 is 1.05 bits per heavy atom. The molecule has 2 atom stereocenters. The number of carbonyl (C=O) groups is 3. The van der Waals surface area contributed by atoms with Crippen LogP contribution in [0.15, 0.2) is 59.5 Å². The fourth-order valence-corrected chi connectivity index (χ4v) is 6.61. The third kappa shape index (κ3) is 6.67. The molecule has 3 aromatic carbocycles. The summed E-state index contributed by atoms with van der Waals surface area (Å²) in [6.45, 7) is 5.00. The highest BCUT2D eigenvalue weighted by Gasteiger charge is 2.38. The highest BCUT2D eigenvalue weighted by atomic mass is 32.2. The third-order valence-electron chi connectivity index (χ3n) is 7.66. The van der Waals surface area contributed by atoms with E-state index in [2.05, 4.69) is 10.6 Å². The van der Waals surface area contributed by atoms with Gasteiger partial charge in [0.15, 0.2) is 9.84 Å². The zero-order valence-electron chi connectivity index (χ0n) is 24.4. The van der Waals surface area contributed by atoms with Crippen molar-refractivity contribution in [1.29, 1.82) is 0 Å². The number of hydrogen-bond donors (Lipinski definition) is 4. The fourth-order valence-electron chi connectivity index (χ4n) is 5.32. The number of carbonyl (C=O) groups excluding carboxylic acids is 2. The Morgan fingerprint density at radius 3 is 2.39 bits per heavy atom. The minimum Gasteiger partial charge on any atom is -0.465 e. The van der Waals surface area contributed by atoms with E-state index >= 15 is 0 Å². The lowest BCUT2D eigenvalue weighted by atomic mass is 9.98. The van der Waals surface area contributed by atoms with Crippen LogP contribution in [-0.2, 0) is 21.1 Å². The summed E-state index contributed by atoms with van der Waals surface area (Å²) < 4.78 is 56.2. The van der Waals surface area contributed by atoms with Crippen molar-refractivity contribution in [3.8, 4) is 0 Å². The van der Waals surface area contributed by atoms with Gasteiger partial charge in [-0.05, 0) is 92.3 Å². The molecule has 234 valence electrons. The molecule has 10 nitrogen and oxygen atoms in total. The van der Waals surface area contributed by atoms with Crippen molar-refractivity contribution in [2.24, 2.45) is 5.73 Å². The quantitative estimate of drug-likeness (QED) is 0.234. The van der Waals surface area contributed by atoms with Crippen LogP contribution in [0.25, 0.3) is 0 Å². The molecule has 1 heterocycles. The van der Waals surface area contributed by atoms with Gasteiger partial charge < -0.3 is 21.1 Å². The van der Waals surface area contributed by atoms with Crippen molar-refractivity contribution in [2.75, 3.05) is 17.2 Å². The molecule has 0 aromatic heterocycles. The molecule has 44 heavy (non-hydrogen) atoms. The molecule has 4 rings (SSSR count). The number of anilines is 2. The summed E-state index contributed by atoms with van der Waals surface area (Å²) in [6.07, 6.45) is -0.166. The minimum absolute atomic E-state index is 0.00113. The van der Waals surface area contributed by atoms with Crippen molar-refractivity contribution in [1.82, 2.24) is 4.90 Å². The van der Waals surface area contributed by atoms with Crippen molar-refractivity contribution in [2.45, 2.75) is 62.3 Å². The average molecular weight is 629 g/mol. The van der Waals surface area contributed by atoms with Gasteiger partial charge in [-0.2, -0.15) is 0 Å². The molecule has 13 heteroatoms. The number of aryl methyl sites for hydroxylation is 1. The molecule has 1 aliphatic heterocycles. The molecule has 5 N–H and O–H groups in total. The van der Waals surface area contributed by atoms with Crippen molar-refractivity contribution in [3.05, 3.63) is 88.5 Å². The topological polar surface area (TPSA) is 159 Å². The number of benzene rings is 3. The Balaban J connectivity index is 1.84. The Hall–Kier alpha value is -4.52. The first kappa shape index (κ1) is 32.4. The number of nitrogens with zero attached hydrogens (tertiary/aromatic N) is 1. The third-order valence-corrected chi connectivity index (χ3v) is 9.89. The van der Waals surface area contributed by atoms with E-state index in [1.54, 1.807) is 6.92 Å². The molecule has 1 aliphatic rings. The Morgan fingerprint density at radius 2 is 1.75 bits per heavy atom. The summed E-state index contributed by atoms with van der Waals surface area (Å²) in [5.74, 6) is -2.61. The summed E-state index contributed by atoms with van der Waals surface area (Å²) >= 11 is 0. The second-order valence-corrected chi connectivity index (χ2v) is 13.3. The highest BCUT2D eigenvalue weighted by Crippen LogP contribution is 2.40. The zero-order valence-corrected chi connectivity index (χ0v) is 25.3. The standard InChI is InChI=1S/C31H34F2N4O6S/c1-4-18-14-19(7-10-23(18)32)28(36-25-15-20(29(34)38)8-11-24(25)33)30(39)37-13-5-6-26(37)22-16-21(35-31(40)41)9-12-27(22)44(42,43)17(2)3/h7-12,14-17,26,28,35-36H,4-6,13H2,1-3H3,(H2,34,38)(H,40,41)/t26-,28+/m1/s1. The van der Waals surface area contributed by atoms with E-state index in [-0.39, 0.29) is 33.9 Å². The molecule has 0 saturated carbocycles. The number of nitrogens with one attached hydrogen (secondary N) is 2. The number of hydrogen-bond acceptors (Lipinski definition) is 6. The van der Waals surface area contributed by atoms with Crippen LogP contribution < -0.4 is 16.4 Å². The van der Waals surface area contributed by atoms with E-state index in [0.717, 1.165) is 6.07 Å². The lowest BCUT2D eigenvalue weighted by molar-refractivity contribution is -0.133. The summed E-state index contributed by atoms with van der Waals surface area (Å²) in [4.78, 5) is 39.0. The first-order valence-electron chi connectivity index (χ1n) is 14.1. The van der Waals surface area contributed by atoms with Gasteiger partial charge in [0.25, 0.3) is 0 Å². The zero-order chi connectivity index (χ0) is 32.3. The van der Waals surface area contributed by atoms with Gasteiger partial charge in [-0.1, -0.05) is 19.1 Å². The van der Waals surface area contributed by atoms with Gasteiger partial charge in [0.05, 0.1) is 21.9 Å². The van der Waals surface area contributed by atoms with Crippen LogP contribution in [0.4, 0.5) is 25.0 Å². The van der Waals surface area contributed by atoms with E-state index in [1.807, 2.05) is 0 Å². The maximum absolute atomic E-state index is 15.0. The molecule has 0 spiro atoms. The van der Waals surface area contributed by atoms with Crippen molar-refractivity contribution < 1.29 is 36.7 Å². The Kier molecular flexibility index (Phi) is 9.57. The highest BCUT2D eigenvalue weighted by molar-refractivity contribution is 7.92. The van der Waals surface area contributed by atoms with E-state index in [0.29, 0.717) is 30.4 Å². The van der Waals surface area contributed by atoms with Gasteiger partial charge in [-0.25, -0.2) is 22.0 Å². The molecule has 0 radical (unpaired) electrons. The number of sulfone groups is 1. The van der Waals surface area contributed by atoms with Gasteiger partial charge in [0.2, 0.25) is 11.8 Å². The number of nitrogens with two attached hydrogens (primary N) is 1. The second-order valence-electron chi connectivity index (χ2n) is 10.8. The van der Waals surface area contributed by atoms with Crippen LogP contribution >= 0.6 is 0 Å². The molecular weight excluding hydrogens is 594 g/mol. The van der Waals surface area contributed by atoms with Crippen LogP contribution in [0.3, 0.4) is 0 Å². The molecule has 3 aromatic rings. The number of rotatable bonds is 10. The normalized spacial score (nSPS) is 15.7. The maximum Gasteiger partial charge on any atom is 0.409 e. The number of halogens is 2. The smallest absolute Gasteiger partial charge is 0.409 e. The molecule has 3 amide bonds. The van der Waals surface area contributed by atoms with Crippen molar-refractivity contribution in [3.63, 3.8) is 0 Å². The van der Waals surface area contributed by atoms with Gasteiger partial charge in [0.1, 0.15) is 17.7 Å². The molecule has 0 bridgehead atoms. The number of primary amides is 1. The summed E-state index contributed by atoms with van der Waals surface area (Å²) in [5, 5.41) is 13.6. The monoisotopic (exact) mass is 628 g/mol. The minimum atomic E-state index is -3.86. The molecule has 0 unspecified atom stereocenters. The van der Waals surface area contributed by atoms with Gasteiger partial charge >= 0.3 is 6.09 Å². The lowest BCUT2D eigenvalue weighted by Gasteiger charge is -2.32. The molecular formula is C31H34F2N4O6S. The summed E-state index contributed by atoms with van der Waals surface area (Å²) in [6, 6.07) is 9.55. The van der Waals surface area contributed by atoms with E-state index < -0.39 is 56.7 Å². The first-order valence-corrected chi connectivity index (χ1v) is 15.6.